The quantitative estimate of drug-likeness (QED) is 0.651. The van der Waals surface area contributed by atoms with Gasteiger partial charge in [-0.15, -0.1) is 0 Å². The van der Waals surface area contributed by atoms with Crippen molar-refractivity contribution in [3.05, 3.63) is 53.1 Å². The van der Waals surface area contributed by atoms with E-state index in [0.29, 0.717) is 0 Å². The lowest BCUT2D eigenvalue weighted by molar-refractivity contribution is 0.221. The van der Waals surface area contributed by atoms with Crippen molar-refractivity contribution in [2.45, 2.75) is 25.8 Å². The van der Waals surface area contributed by atoms with Crippen LogP contribution in [-0.4, -0.2) is 23.0 Å². The third kappa shape index (κ3) is 3.72. The third-order valence-corrected chi connectivity index (χ3v) is 5.58. The number of nitrogens with one attached hydrogen (secondary N) is 1. The van der Waals surface area contributed by atoms with Crippen LogP contribution < -0.4 is 5.32 Å². The summed E-state index contributed by atoms with van der Waals surface area (Å²) >= 11 is 7.66. The van der Waals surface area contributed by atoms with Crippen molar-refractivity contribution in [3.63, 3.8) is 0 Å². The van der Waals surface area contributed by atoms with Gasteiger partial charge in [0.25, 0.3) is 0 Å². The fraction of sp³-hybridized carbons (Fsp3) is 0.316. The number of likely N-dealkylation sites (tertiary alicyclic amines) is 1. The van der Waals surface area contributed by atoms with E-state index in [-0.39, 0.29) is 0 Å². The minimum atomic E-state index is 0.750. The summed E-state index contributed by atoms with van der Waals surface area (Å²) in [5, 5.41) is 5.04. The number of fused-ring (bicyclic) bond motifs is 1. The molecule has 2 heterocycles. The van der Waals surface area contributed by atoms with Gasteiger partial charge in [-0.05, 0) is 61.8 Å². The number of anilines is 2. The Labute approximate surface area is 151 Å². The van der Waals surface area contributed by atoms with Crippen molar-refractivity contribution < 1.29 is 0 Å². The first-order valence-electron chi connectivity index (χ1n) is 8.41. The molecular weight excluding hydrogens is 338 g/mol. The molecule has 1 N–H and O–H groups in total. The van der Waals surface area contributed by atoms with Crippen LogP contribution >= 0.6 is 22.9 Å². The van der Waals surface area contributed by atoms with Gasteiger partial charge in [-0.2, -0.15) is 0 Å². The van der Waals surface area contributed by atoms with Crippen LogP contribution in [0.5, 0.6) is 0 Å². The minimum absolute atomic E-state index is 0.750. The molecule has 0 aliphatic carbocycles. The van der Waals surface area contributed by atoms with Crippen LogP contribution in [0, 0.1) is 0 Å². The lowest BCUT2D eigenvalue weighted by Crippen LogP contribution is -2.28. The van der Waals surface area contributed by atoms with E-state index in [4.69, 9.17) is 11.6 Å². The van der Waals surface area contributed by atoms with Gasteiger partial charge in [0.2, 0.25) is 0 Å². The average molecular weight is 358 g/mol. The Hall–Kier alpha value is -1.62. The first-order valence-corrected chi connectivity index (χ1v) is 9.60. The van der Waals surface area contributed by atoms with E-state index < -0.39 is 0 Å². The molecule has 0 bridgehead atoms. The third-order valence-electron chi connectivity index (χ3n) is 4.41. The highest BCUT2D eigenvalue weighted by molar-refractivity contribution is 7.22. The molecule has 5 heteroatoms. The van der Waals surface area contributed by atoms with Crippen molar-refractivity contribution in [2.24, 2.45) is 0 Å². The van der Waals surface area contributed by atoms with Crippen LogP contribution in [0.4, 0.5) is 10.8 Å². The van der Waals surface area contributed by atoms with Gasteiger partial charge in [-0.1, -0.05) is 41.5 Å². The molecule has 4 rings (SSSR count). The van der Waals surface area contributed by atoms with Crippen LogP contribution in [0.1, 0.15) is 24.8 Å². The second-order valence-corrected chi connectivity index (χ2v) is 7.76. The number of thiazole rings is 1. The van der Waals surface area contributed by atoms with Crippen LogP contribution in [0.3, 0.4) is 0 Å². The Bertz CT molecular complexity index is 822. The Balaban J connectivity index is 1.44. The number of piperidine rings is 1. The monoisotopic (exact) mass is 357 g/mol. The summed E-state index contributed by atoms with van der Waals surface area (Å²) in [6, 6.07) is 14.5. The average Bonchev–Trinajstić information content (AvgIpc) is 2.99. The highest BCUT2D eigenvalue weighted by Crippen LogP contribution is 2.30. The fourth-order valence-electron chi connectivity index (χ4n) is 3.14. The number of benzene rings is 2. The van der Waals surface area contributed by atoms with E-state index in [9.17, 15) is 0 Å². The number of hydrogen-bond donors (Lipinski definition) is 1. The Morgan fingerprint density at radius 3 is 2.62 bits per heavy atom. The molecule has 3 aromatic rings. The van der Waals surface area contributed by atoms with Crippen LogP contribution in [0.2, 0.25) is 5.02 Å². The molecule has 1 aliphatic heterocycles. The summed E-state index contributed by atoms with van der Waals surface area (Å²) in [6.45, 7) is 3.52. The molecule has 0 amide bonds. The SMILES string of the molecule is Clc1ccc2nc(Nc3ccc(CN4CCCCC4)cc3)sc2c1. The molecule has 0 spiro atoms. The van der Waals surface area contributed by atoms with Gasteiger partial charge in [0.05, 0.1) is 10.2 Å². The van der Waals surface area contributed by atoms with E-state index in [0.717, 1.165) is 32.6 Å². The minimum Gasteiger partial charge on any atom is -0.332 e. The Morgan fingerprint density at radius 2 is 1.83 bits per heavy atom. The van der Waals surface area contributed by atoms with E-state index >= 15 is 0 Å². The molecule has 1 fully saturated rings. The van der Waals surface area contributed by atoms with Crippen LogP contribution in [-0.2, 0) is 6.54 Å². The molecule has 0 saturated carbocycles. The number of halogens is 1. The second kappa shape index (κ2) is 7.09. The first-order chi connectivity index (χ1) is 11.8. The highest BCUT2D eigenvalue weighted by Gasteiger charge is 2.10. The number of aromatic nitrogens is 1. The molecule has 24 heavy (non-hydrogen) atoms. The van der Waals surface area contributed by atoms with Gasteiger partial charge in [-0.3, -0.25) is 4.90 Å². The van der Waals surface area contributed by atoms with E-state index in [1.165, 1.54) is 37.9 Å². The molecule has 124 valence electrons. The Morgan fingerprint density at radius 1 is 1.04 bits per heavy atom. The molecule has 1 aliphatic rings. The lowest BCUT2D eigenvalue weighted by atomic mass is 10.1. The Kier molecular flexibility index (Phi) is 4.69. The summed E-state index contributed by atoms with van der Waals surface area (Å²) in [6.07, 6.45) is 4.05. The maximum Gasteiger partial charge on any atom is 0.188 e. The zero-order chi connectivity index (χ0) is 16.4. The van der Waals surface area contributed by atoms with E-state index in [2.05, 4.69) is 39.5 Å². The zero-order valence-electron chi connectivity index (χ0n) is 13.5. The van der Waals surface area contributed by atoms with Gasteiger partial charge in [-0.25, -0.2) is 4.98 Å². The molecule has 1 aromatic heterocycles. The van der Waals surface area contributed by atoms with Crippen LogP contribution in [0.15, 0.2) is 42.5 Å². The molecule has 2 aromatic carbocycles. The maximum absolute atomic E-state index is 6.04. The lowest BCUT2D eigenvalue weighted by Gasteiger charge is -2.26. The standard InChI is InChI=1S/C19H20ClN3S/c20-15-6-9-17-18(12-15)24-19(22-17)21-16-7-4-14(5-8-16)13-23-10-2-1-3-11-23/h4-9,12H,1-3,10-11,13H2,(H,21,22). The normalized spacial score (nSPS) is 15.7. The summed E-state index contributed by atoms with van der Waals surface area (Å²) in [5.74, 6) is 0. The number of hydrogen-bond acceptors (Lipinski definition) is 4. The van der Waals surface area contributed by atoms with E-state index in [1.807, 2.05) is 18.2 Å². The summed E-state index contributed by atoms with van der Waals surface area (Å²) in [4.78, 5) is 7.15. The predicted octanol–water partition coefficient (Wildman–Crippen LogP) is 5.68. The number of nitrogens with zero attached hydrogens (tertiary/aromatic N) is 2. The number of rotatable bonds is 4. The maximum atomic E-state index is 6.04. The van der Waals surface area contributed by atoms with Crippen molar-refractivity contribution in [1.29, 1.82) is 0 Å². The van der Waals surface area contributed by atoms with Gasteiger partial charge in [0, 0.05) is 17.3 Å². The molecule has 0 radical (unpaired) electrons. The second-order valence-electron chi connectivity index (χ2n) is 6.29. The molecule has 3 nitrogen and oxygen atoms in total. The zero-order valence-corrected chi connectivity index (χ0v) is 15.0. The molecule has 0 atom stereocenters. The van der Waals surface area contributed by atoms with Gasteiger partial charge >= 0.3 is 0 Å². The summed E-state index contributed by atoms with van der Waals surface area (Å²) in [5.41, 5.74) is 3.43. The topological polar surface area (TPSA) is 28.2 Å². The predicted molar refractivity (Wildman–Crippen MR) is 103 cm³/mol. The summed E-state index contributed by atoms with van der Waals surface area (Å²) in [7, 11) is 0. The van der Waals surface area contributed by atoms with Gasteiger partial charge in [0.1, 0.15) is 0 Å². The highest BCUT2D eigenvalue weighted by atomic mass is 35.5. The van der Waals surface area contributed by atoms with Crippen molar-refractivity contribution in [2.75, 3.05) is 18.4 Å². The fourth-order valence-corrected chi connectivity index (χ4v) is 4.31. The summed E-state index contributed by atoms with van der Waals surface area (Å²) < 4.78 is 1.10. The van der Waals surface area contributed by atoms with Crippen molar-refractivity contribution in [1.82, 2.24) is 9.88 Å². The molecular formula is C19H20ClN3S. The smallest absolute Gasteiger partial charge is 0.188 e. The van der Waals surface area contributed by atoms with Crippen LogP contribution in [0.25, 0.3) is 10.2 Å². The van der Waals surface area contributed by atoms with Crippen molar-refractivity contribution in [3.8, 4) is 0 Å². The van der Waals surface area contributed by atoms with E-state index in [1.54, 1.807) is 11.3 Å². The van der Waals surface area contributed by atoms with Gasteiger partial charge < -0.3 is 5.32 Å². The first kappa shape index (κ1) is 15.9. The van der Waals surface area contributed by atoms with Gasteiger partial charge in [0.15, 0.2) is 5.13 Å². The van der Waals surface area contributed by atoms with Crippen molar-refractivity contribution >= 4 is 44.0 Å². The molecule has 1 saturated heterocycles. The molecule has 0 unspecified atom stereocenters. The largest absolute Gasteiger partial charge is 0.332 e.